The Bertz CT molecular complexity index is 319. The van der Waals surface area contributed by atoms with Gasteiger partial charge in [-0.25, -0.2) is 4.79 Å². The van der Waals surface area contributed by atoms with Crippen LogP contribution in [0.5, 0.6) is 0 Å². The minimum absolute atomic E-state index is 0.139. The number of ether oxygens (including phenoxy) is 1. The zero-order chi connectivity index (χ0) is 14.6. The summed E-state index contributed by atoms with van der Waals surface area (Å²) in [5, 5.41) is 3.51. The number of piperidine rings is 1. The Labute approximate surface area is 123 Å². The fourth-order valence-electron chi connectivity index (χ4n) is 3.38. The number of carbonyl (C=O) groups is 1. The van der Waals surface area contributed by atoms with E-state index in [1.165, 1.54) is 25.8 Å². The second kappa shape index (κ2) is 6.79. The first-order valence-electron chi connectivity index (χ1n) is 8.14. The van der Waals surface area contributed by atoms with Crippen molar-refractivity contribution in [3.05, 3.63) is 0 Å². The first-order valence-corrected chi connectivity index (χ1v) is 8.14. The summed E-state index contributed by atoms with van der Waals surface area (Å²) in [5.41, 5.74) is -0.393. The van der Waals surface area contributed by atoms with Crippen molar-refractivity contribution in [2.24, 2.45) is 11.8 Å². The molecule has 4 nitrogen and oxygen atoms in total. The lowest BCUT2D eigenvalue weighted by Crippen LogP contribution is -2.38. The molecule has 20 heavy (non-hydrogen) atoms. The molecule has 2 rings (SSSR count). The van der Waals surface area contributed by atoms with Crippen LogP contribution in [0.15, 0.2) is 0 Å². The van der Waals surface area contributed by atoms with Gasteiger partial charge in [-0.05, 0) is 77.8 Å². The average molecular weight is 282 g/mol. The van der Waals surface area contributed by atoms with Crippen LogP contribution in [-0.4, -0.2) is 42.8 Å². The van der Waals surface area contributed by atoms with Crippen LogP contribution in [0.3, 0.4) is 0 Å². The van der Waals surface area contributed by atoms with Crippen LogP contribution in [0, 0.1) is 11.8 Å². The molecule has 2 unspecified atom stereocenters. The number of carbonyl (C=O) groups excluding carboxylic acids is 1. The van der Waals surface area contributed by atoms with E-state index in [1.54, 1.807) is 0 Å². The third kappa shape index (κ3) is 4.65. The zero-order valence-electron chi connectivity index (χ0n) is 13.3. The Hall–Kier alpha value is -0.770. The van der Waals surface area contributed by atoms with E-state index in [9.17, 15) is 4.79 Å². The van der Waals surface area contributed by atoms with Crippen molar-refractivity contribution in [1.29, 1.82) is 0 Å². The highest BCUT2D eigenvalue weighted by Crippen LogP contribution is 2.29. The molecule has 2 fully saturated rings. The van der Waals surface area contributed by atoms with Crippen LogP contribution in [0.4, 0.5) is 4.79 Å². The third-order valence-corrected chi connectivity index (χ3v) is 4.43. The summed E-state index contributed by atoms with van der Waals surface area (Å²) in [5.74, 6) is 1.58. The number of amides is 1. The minimum atomic E-state index is -0.393. The van der Waals surface area contributed by atoms with Gasteiger partial charge in [-0.1, -0.05) is 0 Å². The zero-order valence-corrected chi connectivity index (χ0v) is 13.3. The summed E-state index contributed by atoms with van der Waals surface area (Å²) >= 11 is 0. The van der Waals surface area contributed by atoms with Crippen molar-refractivity contribution in [2.75, 3.05) is 26.2 Å². The Kier molecular flexibility index (Phi) is 5.30. The fourth-order valence-corrected chi connectivity index (χ4v) is 3.38. The van der Waals surface area contributed by atoms with E-state index < -0.39 is 5.60 Å². The molecule has 0 bridgehead atoms. The molecule has 0 aromatic carbocycles. The second-order valence-electron chi connectivity index (χ2n) is 7.26. The highest BCUT2D eigenvalue weighted by molar-refractivity contribution is 5.68. The van der Waals surface area contributed by atoms with Gasteiger partial charge in [-0.15, -0.1) is 0 Å². The summed E-state index contributed by atoms with van der Waals surface area (Å²) in [6, 6.07) is 0. The topological polar surface area (TPSA) is 41.6 Å². The molecule has 0 aliphatic carbocycles. The Morgan fingerprint density at radius 2 is 1.85 bits per heavy atom. The minimum Gasteiger partial charge on any atom is -0.444 e. The van der Waals surface area contributed by atoms with E-state index >= 15 is 0 Å². The Morgan fingerprint density at radius 3 is 2.50 bits per heavy atom. The highest BCUT2D eigenvalue weighted by Gasteiger charge is 2.29. The summed E-state index contributed by atoms with van der Waals surface area (Å²) < 4.78 is 5.49. The van der Waals surface area contributed by atoms with Crippen molar-refractivity contribution in [2.45, 2.75) is 58.5 Å². The molecule has 1 amide bonds. The smallest absolute Gasteiger partial charge is 0.410 e. The molecule has 2 saturated heterocycles. The standard InChI is InChI=1S/C16H30N2O2/c1-16(2,3)20-15(19)18-10-5-7-13(8-11-18)14-6-4-9-17-12-14/h13-14,17H,4-12H2,1-3H3. The second-order valence-corrected chi connectivity index (χ2v) is 7.26. The Morgan fingerprint density at radius 1 is 1.10 bits per heavy atom. The summed E-state index contributed by atoms with van der Waals surface area (Å²) in [6.07, 6.45) is 6.01. The van der Waals surface area contributed by atoms with E-state index in [1.807, 2.05) is 25.7 Å². The van der Waals surface area contributed by atoms with Crippen LogP contribution in [0.1, 0.15) is 52.9 Å². The van der Waals surface area contributed by atoms with Crippen LogP contribution in [0.25, 0.3) is 0 Å². The van der Waals surface area contributed by atoms with E-state index in [0.29, 0.717) is 0 Å². The lowest BCUT2D eigenvalue weighted by Gasteiger charge is -2.30. The van der Waals surface area contributed by atoms with Gasteiger partial charge in [0, 0.05) is 13.1 Å². The predicted octanol–water partition coefficient (Wildman–Crippen LogP) is 3.02. The maximum Gasteiger partial charge on any atom is 0.410 e. The number of nitrogens with zero attached hydrogens (tertiary/aromatic N) is 1. The summed E-state index contributed by atoms with van der Waals surface area (Å²) in [7, 11) is 0. The molecule has 1 N–H and O–H groups in total. The number of rotatable bonds is 1. The maximum absolute atomic E-state index is 12.1. The summed E-state index contributed by atoms with van der Waals surface area (Å²) in [4.78, 5) is 14.0. The van der Waals surface area contributed by atoms with Gasteiger partial charge < -0.3 is 15.0 Å². The molecule has 2 aliphatic rings. The molecule has 0 aromatic heterocycles. The van der Waals surface area contributed by atoms with Gasteiger partial charge in [0.25, 0.3) is 0 Å². The van der Waals surface area contributed by atoms with Gasteiger partial charge >= 0.3 is 6.09 Å². The van der Waals surface area contributed by atoms with Gasteiger partial charge in [0.05, 0.1) is 0 Å². The molecule has 116 valence electrons. The normalized spacial score (nSPS) is 28.9. The first-order chi connectivity index (χ1) is 9.46. The Balaban J connectivity index is 1.83. The SMILES string of the molecule is CC(C)(C)OC(=O)N1CCCC(C2CCCNC2)CC1. The molecule has 0 spiro atoms. The van der Waals surface area contributed by atoms with Crippen molar-refractivity contribution >= 4 is 6.09 Å². The van der Waals surface area contributed by atoms with Gasteiger partial charge in [0.1, 0.15) is 5.60 Å². The van der Waals surface area contributed by atoms with Crippen molar-refractivity contribution < 1.29 is 9.53 Å². The largest absolute Gasteiger partial charge is 0.444 e. The van der Waals surface area contributed by atoms with Crippen LogP contribution >= 0.6 is 0 Å². The molecular formula is C16H30N2O2. The molecule has 2 atom stereocenters. The van der Waals surface area contributed by atoms with Gasteiger partial charge in [0.15, 0.2) is 0 Å². The molecule has 0 radical (unpaired) electrons. The first kappa shape index (κ1) is 15.6. The monoisotopic (exact) mass is 282 g/mol. The number of likely N-dealkylation sites (tertiary alicyclic amines) is 1. The molecule has 2 heterocycles. The van der Waals surface area contributed by atoms with E-state index in [2.05, 4.69) is 5.32 Å². The third-order valence-electron chi connectivity index (χ3n) is 4.43. The average Bonchev–Trinajstić information content (AvgIpc) is 2.63. The van der Waals surface area contributed by atoms with E-state index in [4.69, 9.17) is 4.74 Å². The van der Waals surface area contributed by atoms with Crippen LogP contribution < -0.4 is 5.32 Å². The van der Waals surface area contributed by atoms with E-state index in [-0.39, 0.29) is 6.09 Å². The lowest BCUT2D eigenvalue weighted by atomic mass is 9.82. The van der Waals surface area contributed by atoms with Crippen molar-refractivity contribution in [3.8, 4) is 0 Å². The molecule has 0 aromatic rings. The molecule has 0 saturated carbocycles. The van der Waals surface area contributed by atoms with Gasteiger partial charge in [-0.3, -0.25) is 0 Å². The van der Waals surface area contributed by atoms with Crippen molar-refractivity contribution in [3.63, 3.8) is 0 Å². The number of nitrogens with one attached hydrogen (secondary N) is 1. The lowest BCUT2D eigenvalue weighted by molar-refractivity contribution is 0.0253. The highest BCUT2D eigenvalue weighted by atomic mass is 16.6. The van der Waals surface area contributed by atoms with E-state index in [0.717, 1.165) is 44.3 Å². The van der Waals surface area contributed by atoms with Gasteiger partial charge in [0.2, 0.25) is 0 Å². The quantitative estimate of drug-likeness (QED) is 0.804. The molecule has 4 heteroatoms. The molecule has 2 aliphatic heterocycles. The fraction of sp³-hybridized carbons (Fsp3) is 0.938. The maximum atomic E-state index is 12.1. The number of hydrogen-bond donors (Lipinski definition) is 1. The predicted molar refractivity (Wildman–Crippen MR) is 80.7 cm³/mol. The summed E-state index contributed by atoms with van der Waals surface area (Å²) in [6.45, 7) is 9.84. The van der Waals surface area contributed by atoms with Crippen LogP contribution in [-0.2, 0) is 4.74 Å². The molecular weight excluding hydrogens is 252 g/mol. The number of hydrogen-bond acceptors (Lipinski definition) is 3. The van der Waals surface area contributed by atoms with Gasteiger partial charge in [-0.2, -0.15) is 0 Å². The van der Waals surface area contributed by atoms with Crippen molar-refractivity contribution in [1.82, 2.24) is 10.2 Å². The van der Waals surface area contributed by atoms with Crippen LogP contribution in [0.2, 0.25) is 0 Å².